The molecule has 30 heavy (non-hydrogen) atoms. The molecule has 1 fully saturated rings. The lowest BCUT2D eigenvalue weighted by molar-refractivity contribution is -0.117. The Morgan fingerprint density at radius 3 is 2.73 bits per heavy atom. The average Bonchev–Trinajstić information content (AvgIpc) is 3.40. The van der Waals surface area contributed by atoms with Crippen LogP contribution in [0.4, 0.5) is 11.5 Å². The van der Waals surface area contributed by atoms with Gasteiger partial charge < -0.3 is 10.2 Å². The molecule has 6 nitrogen and oxygen atoms in total. The van der Waals surface area contributed by atoms with Crippen LogP contribution in [0.5, 0.6) is 0 Å². The summed E-state index contributed by atoms with van der Waals surface area (Å²) in [6, 6.07) is 18.8. The van der Waals surface area contributed by atoms with Gasteiger partial charge in [0.1, 0.15) is 10.8 Å². The number of nitrogens with zero attached hydrogens (tertiary/aromatic N) is 3. The third kappa shape index (κ3) is 3.55. The molecule has 1 N–H and O–H groups in total. The lowest BCUT2D eigenvalue weighted by Crippen LogP contribution is -2.24. The zero-order chi connectivity index (χ0) is 20.5. The third-order valence-corrected chi connectivity index (χ3v) is 6.12. The highest BCUT2D eigenvalue weighted by molar-refractivity contribution is 7.21. The van der Waals surface area contributed by atoms with Crippen molar-refractivity contribution in [3.8, 4) is 10.6 Å². The van der Waals surface area contributed by atoms with Crippen LogP contribution < -0.4 is 10.2 Å². The zero-order valence-electron chi connectivity index (χ0n) is 16.0. The van der Waals surface area contributed by atoms with E-state index in [0.29, 0.717) is 24.3 Å². The molecule has 148 valence electrons. The maximum atomic E-state index is 12.7. The summed E-state index contributed by atoms with van der Waals surface area (Å²) >= 11 is 1.61. The van der Waals surface area contributed by atoms with Crippen molar-refractivity contribution in [3.05, 3.63) is 72.4 Å². The minimum Gasteiger partial charge on any atom is -0.312 e. The van der Waals surface area contributed by atoms with E-state index in [1.54, 1.807) is 46.7 Å². The van der Waals surface area contributed by atoms with Crippen LogP contribution in [0.15, 0.2) is 66.9 Å². The van der Waals surface area contributed by atoms with Crippen molar-refractivity contribution in [1.29, 1.82) is 0 Å². The van der Waals surface area contributed by atoms with Gasteiger partial charge in [0.25, 0.3) is 5.91 Å². The lowest BCUT2D eigenvalue weighted by Gasteiger charge is -2.16. The molecule has 7 heteroatoms. The van der Waals surface area contributed by atoms with Crippen LogP contribution in [0, 0.1) is 0 Å². The molecule has 1 aliphatic rings. The van der Waals surface area contributed by atoms with E-state index in [4.69, 9.17) is 0 Å². The summed E-state index contributed by atoms with van der Waals surface area (Å²) in [5.41, 5.74) is 3.11. The van der Waals surface area contributed by atoms with E-state index in [1.165, 1.54) is 0 Å². The quantitative estimate of drug-likeness (QED) is 0.523. The molecule has 5 rings (SSSR count). The van der Waals surface area contributed by atoms with Crippen LogP contribution >= 0.6 is 11.3 Å². The van der Waals surface area contributed by atoms with Gasteiger partial charge in [-0.2, -0.15) is 0 Å². The Hall–Kier alpha value is -3.58. The van der Waals surface area contributed by atoms with Crippen LogP contribution in [-0.2, 0) is 4.79 Å². The summed E-state index contributed by atoms with van der Waals surface area (Å²) in [6.45, 7) is 0.693. The van der Waals surface area contributed by atoms with Crippen LogP contribution in [0.2, 0.25) is 0 Å². The zero-order valence-corrected chi connectivity index (χ0v) is 16.9. The molecule has 1 aliphatic heterocycles. The van der Waals surface area contributed by atoms with E-state index < -0.39 is 0 Å². The maximum Gasteiger partial charge on any atom is 0.256 e. The number of nitrogens with one attached hydrogen (secondary N) is 1. The van der Waals surface area contributed by atoms with Gasteiger partial charge in [-0.25, -0.2) is 9.97 Å². The van der Waals surface area contributed by atoms with E-state index in [1.807, 2.05) is 36.4 Å². The van der Waals surface area contributed by atoms with E-state index in [9.17, 15) is 9.59 Å². The number of para-hydroxylation sites is 1. The second-order valence-electron chi connectivity index (χ2n) is 7.07. The predicted molar refractivity (Wildman–Crippen MR) is 119 cm³/mol. The second kappa shape index (κ2) is 7.68. The Labute approximate surface area is 177 Å². The topological polar surface area (TPSA) is 75.2 Å². The standard InChI is InChI=1S/C23H18N4O2S/c28-21-9-4-12-27(21)17-6-3-5-15(13-17)22(29)26-20-11-10-16(14-24-20)23-25-18-7-1-2-8-19(18)30-23/h1-3,5-8,10-11,13-14H,4,9,12H2,(H,24,26,29). The largest absolute Gasteiger partial charge is 0.312 e. The van der Waals surface area contributed by atoms with Crippen molar-refractivity contribution in [2.45, 2.75) is 12.8 Å². The van der Waals surface area contributed by atoms with Gasteiger partial charge in [-0.1, -0.05) is 18.2 Å². The van der Waals surface area contributed by atoms with Gasteiger partial charge in [0, 0.05) is 36.0 Å². The molecule has 1 saturated heterocycles. The highest BCUT2D eigenvalue weighted by atomic mass is 32.1. The number of aromatic nitrogens is 2. The predicted octanol–water partition coefficient (Wildman–Crippen LogP) is 4.74. The molecular weight excluding hydrogens is 396 g/mol. The number of benzene rings is 2. The molecule has 3 heterocycles. The number of fused-ring (bicyclic) bond motifs is 1. The minimum absolute atomic E-state index is 0.0969. The number of pyridine rings is 1. The van der Waals surface area contributed by atoms with E-state index in [2.05, 4.69) is 15.3 Å². The summed E-state index contributed by atoms with van der Waals surface area (Å²) < 4.78 is 1.13. The van der Waals surface area contributed by atoms with E-state index in [-0.39, 0.29) is 11.8 Å². The summed E-state index contributed by atoms with van der Waals surface area (Å²) in [6.07, 6.45) is 3.12. The van der Waals surface area contributed by atoms with Crippen molar-refractivity contribution in [3.63, 3.8) is 0 Å². The number of rotatable bonds is 4. The summed E-state index contributed by atoms with van der Waals surface area (Å²) in [4.78, 5) is 35.4. The monoisotopic (exact) mass is 414 g/mol. The highest BCUT2D eigenvalue weighted by Gasteiger charge is 2.22. The molecule has 4 aromatic rings. The molecule has 0 aliphatic carbocycles. The summed E-state index contributed by atoms with van der Waals surface area (Å²) in [5, 5.41) is 3.72. The van der Waals surface area contributed by atoms with Crippen molar-refractivity contribution in [2.24, 2.45) is 0 Å². The fourth-order valence-corrected chi connectivity index (χ4v) is 4.47. The van der Waals surface area contributed by atoms with Crippen LogP contribution in [0.3, 0.4) is 0 Å². The summed E-state index contributed by atoms with van der Waals surface area (Å²) in [5.74, 6) is 0.302. The van der Waals surface area contributed by atoms with E-state index >= 15 is 0 Å². The van der Waals surface area contributed by atoms with Gasteiger partial charge in [-0.15, -0.1) is 11.3 Å². The number of thiazole rings is 1. The Morgan fingerprint density at radius 2 is 1.97 bits per heavy atom. The number of anilines is 2. The minimum atomic E-state index is -0.260. The van der Waals surface area contributed by atoms with Gasteiger partial charge in [0.05, 0.1) is 10.2 Å². The molecule has 0 atom stereocenters. The third-order valence-electron chi connectivity index (χ3n) is 5.04. The normalized spacial score (nSPS) is 13.7. The number of carbonyl (C=O) groups is 2. The molecule has 0 radical (unpaired) electrons. The second-order valence-corrected chi connectivity index (χ2v) is 8.10. The molecule has 0 spiro atoms. The van der Waals surface area contributed by atoms with Crippen LogP contribution in [0.1, 0.15) is 23.2 Å². The number of carbonyl (C=O) groups excluding carboxylic acids is 2. The van der Waals surface area contributed by atoms with E-state index in [0.717, 1.165) is 32.9 Å². The fraction of sp³-hybridized carbons (Fsp3) is 0.130. The Morgan fingerprint density at radius 1 is 1.07 bits per heavy atom. The maximum absolute atomic E-state index is 12.7. The first-order valence-electron chi connectivity index (χ1n) is 9.71. The van der Waals surface area contributed by atoms with Crippen molar-refractivity contribution in [1.82, 2.24) is 9.97 Å². The molecule has 2 aromatic carbocycles. The Kier molecular flexibility index (Phi) is 4.72. The van der Waals surface area contributed by atoms with Crippen LogP contribution in [-0.4, -0.2) is 28.3 Å². The molecular formula is C23H18N4O2S. The summed E-state index contributed by atoms with van der Waals surface area (Å²) in [7, 11) is 0. The Balaban J connectivity index is 1.32. The molecule has 2 aromatic heterocycles. The van der Waals surface area contributed by atoms with Crippen LogP contribution in [0.25, 0.3) is 20.8 Å². The van der Waals surface area contributed by atoms with Crippen molar-refractivity contribution >= 4 is 44.9 Å². The molecule has 0 unspecified atom stereocenters. The smallest absolute Gasteiger partial charge is 0.256 e. The fourth-order valence-electron chi connectivity index (χ4n) is 3.51. The highest BCUT2D eigenvalue weighted by Crippen LogP contribution is 2.30. The average molecular weight is 414 g/mol. The Bertz CT molecular complexity index is 1220. The number of amides is 2. The van der Waals surface area contributed by atoms with Gasteiger partial charge in [0.15, 0.2) is 0 Å². The van der Waals surface area contributed by atoms with Gasteiger partial charge >= 0.3 is 0 Å². The first-order valence-corrected chi connectivity index (χ1v) is 10.5. The van der Waals surface area contributed by atoms with Crippen molar-refractivity contribution in [2.75, 3.05) is 16.8 Å². The number of hydrogen-bond donors (Lipinski definition) is 1. The molecule has 0 saturated carbocycles. The lowest BCUT2D eigenvalue weighted by atomic mass is 10.1. The first kappa shape index (κ1) is 18.4. The van der Waals surface area contributed by atoms with Gasteiger partial charge in [-0.3, -0.25) is 9.59 Å². The van der Waals surface area contributed by atoms with Gasteiger partial charge in [-0.05, 0) is 48.9 Å². The SMILES string of the molecule is O=C(Nc1ccc(-c2nc3ccccc3s2)cn1)c1cccc(N2CCCC2=O)c1. The molecule has 2 amide bonds. The first-order chi connectivity index (χ1) is 14.7. The van der Waals surface area contributed by atoms with Gasteiger partial charge in [0.2, 0.25) is 5.91 Å². The van der Waals surface area contributed by atoms with Crippen molar-refractivity contribution < 1.29 is 9.59 Å². The molecule has 0 bridgehead atoms. The number of hydrogen-bond acceptors (Lipinski definition) is 5.